The van der Waals surface area contributed by atoms with E-state index >= 15 is 0 Å². The molecule has 1 aliphatic carbocycles. The summed E-state index contributed by atoms with van der Waals surface area (Å²) in [4.78, 5) is 3.99. The summed E-state index contributed by atoms with van der Waals surface area (Å²) < 4.78 is 26.8. The molecule has 1 aromatic rings. The predicted molar refractivity (Wildman–Crippen MR) is 76.5 cm³/mol. The van der Waals surface area contributed by atoms with Gasteiger partial charge in [-0.25, -0.2) is 13.4 Å². The van der Waals surface area contributed by atoms with E-state index in [4.69, 9.17) is 5.11 Å². The third-order valence-electron chi connectivity index (χ3n) is 3.43. The number of aliphatic hydroxyl groups is 1. The smallest absolute Gasteiger partial charge is 0.260 e. The highest BCUT2D eigenvalue weighted by Gasteiger charge is 2.38. The lowest BCUT2D eigenvalue weighted by Crippen LogP contribution is -2.35. The van der Waals surface area contributed by atoms with Crippen molar-refractivity contribution in [1.82, 2.24) is 9.29 Å². The Hall–Kier alpha value is -0.980. The lowest BCUT2D eigenvalue weighted by Gasteiger charge is -2.22. The van der Waals surface area contributed by atoms with Gasteiger partial charge in [0, 0.05) is 18.8 Å². The minimum absolute atomic E-state index is 0.0744. The minimum Gasteiger partial charge on any atom is -0.392 e. The molecule has 1 heterocycles. The topological polar surface area (TPSA) is 70.5 Å². The zero-order valence-electron chi connectivity index (χ0n) is 12.0. The van der Waals surface area contributed by atoms with Crippen molar-refractivity contribution < 1.29 is 13.5 Å². The summed E-state index contributed by atoms with van der Waals surface area (Å²) in [6.07, 6.45) is 4.14. The number of aliphatic hydroxyl groups excluding tert-OH is 1. The van der Waals surface area contributed by atoms with E-state index in [2.05, 4.69) is 18.8 Å². The van der Waals surface area contributed by atoms with Gasteiger partial charge in [-0.1, -0.05) is 19.9 Å². The summed E-state index contributed by atoms with van der Waals surface area (Å²) >= 11 is 0. The van der Waals surface area contributed by atoms with Crippen LogP contribution in [0.2, 0.25) is 0 Å². The molecule has 1 aromatic heterocycles. The molecule has 0 unspecified atom stereocenters. The van der Waals surface area contributed by atoms with Crippen LogP contribution in [0.1, 0.15) is 38.7 Å². The summed E-state index contributed by atoms with van der Waals surface area (Å²) in [6, 6.07) is 3.22. The Morgan fingerprint density at radius 3 is 2.55 bits per heavy atom. The molecular formula is C14H22N2O3S. The Balaban J connectivity index is 2.20. The number of aromatic nitrogens is 1. The third-order valence-corrected chi connectivity index (χ3v) is 5.30. The molecule has 1 fully saturated rings. The largest absolute Gasteiger partial charge is 0.392 e. The molecule has 20 heavy (non-hydrogen) atoms. The van der Waals surface area contributed by atoms with Gasteiger partial charge in [-0.05, 0) is 36.8 Å². The number of pyridine rings is 1. The highest BCUT2D eigenvalue weighted by atomic mass is 32.2. The predicted octanol–water partition coefficient (Wildman–Crippen LogP) is 1.77. The first kappa shape index (κ1) is 15.4. The van der Waals surface area contributed by atoms with Gasteiger partial charge in [-0.3, -0.25) is 0 Å². The van der Waals surface area contributed by atoms with Gasteiger partial charge in [-0.2, -0.15) is 4.31 Å². The zero-order chi connectivity index (χ0) is 14.8. The highest BCUT2D eigenvalue weighted by Crippen LogP contribution is 2.32. The van der Waals surface area contributed by atoms with Gasteiger partial charge in [-0.15, -0.1) is 0 Å². The molecule has 0 aromatic carbocycles. The fraction of sp³-hybridized carbons (Fsp3) is 0.643. The van der Waals surface area contributed by atoms with E-state index in [0.29, 0.717) is 18.0 Å². The SMILES string of the molecule is CC(C)CCN(C1CC1)S(=O)(=O)c1ccc(CO)cn1. The normalized spacial score (nSPS) is 16.1. The van der Waals surface area contributed by atoms with Crippen LogP contribution in [0.5, 0.6) is 0 Å². The second-order valence-corrected chi connectivity index (χ2v) is 7.53. The molecule has 1 saturated carbocycles. The molecule has 0 atom stereocenters. The number of hydrogen-bond acceptors (Lipinski definition) is 4. The minimum atomic E-state index is -3.52. The lowest BCUT2D eigenvalue weighted by atomic mass is 10.1. The number of hydrogen-bond donors (Lipinski definition) is 1. The van der Waals surface area contributed by atoms with E-state index in [1.807, 2.05) is 0 Å². The molecule has 0 radical (unpaired) electrons. The Labute approximate surface area is 120 Å². The van der Waals surface area contributed by atoms with Crippen LogP contribution in [0.4, 0.5) is 0 Å². The van der Waals surface area contributed by atoms with Gasteiger partial charge in [0.25, 0.3) is 10.0 Å². The molecule has 1 N–H and O–H groups in total. The summed E-state index contributed by atoms with van der Waals surface area (Å²) in [6.45, 7) is 4.60. The van der Waals surface area contributed by atoms with Crippen LogP contribution >= 0.6 is 0 Å². The first-order valence-electron chi connectivity index (χ1n) is 7.02. The molecule has 0 bridgehead atoms. The van der Waals surface area contributed by atoms with E-state index in [1.54, 1.807) is 10.4 Å². The second-order valence-electron chi connectivity index (χ2n) is 5.69. The summed E-state index contributed by atoms with van der Waals surface area (Å²) in [5.74, 6) is 0.469. The molecule has 0 saturated heterocycles. The average Bonchev–Trinajstić information content (AvgIpc) is 3.23. The lowest BCUT2D eigenvalue weighted by molar-refractivity contribution is 0.281. The van der Waals surface area contributed by atoms with E-state index in [-0.39, 0.29) is 17.7 Å². The van der Waals surface area contributed by atoms with E-state index in [9.17, 15) is 8.42 Å². The maximum Gasteiger partial charge on any atom is 0.260 e. The molecule has 0 spiro atoms. The fourth-order valence-electron chi connectivity index (χ4n) is 2.02. The molecule has 112 valence electrons. The second kappa shape index (κ2) is 6.20. The standard InChI is InChI=1S/C14H22N2O3S/c1-11(2)7-8-16(13-4-5-13)20(18,19)14-6-3-12(10-17)9-15-14/h3,6,9,11,13,17H,4-5,7-8,10H2,1-2H3. The highest BCUT2D eigenvalue weighted by molar-refractivity contribution is 7.89. The first-order valence-corrected chi connectivity index (χ1v) is 8.46. The zero-order valence-corrected chi connectivity index (χ0v) is 12.8. The maximum absolute atomic E-state index is 12.6. The Morgan fingerprint density at radius 1 is 1.40 bits per heavy atom. The molecule has 0 amide bonds. The van der Waals surface area contributed by atoms with Gasteiger partial charge in [0.05, 0.1) is 6.61 Å². The van der Waals surface area contributed by atoms with Gasteiger partial charge in [0.2, 0.25) is 0 Å². The average molecular weight is 298 g/mol. The summed E-state index contributed by atoms with van der Waals surface area (Å²) in [5.41, 5.74) is 0.615. The van der Waals surface area contributed by atoms with Crippen LogP contribution in [0.15, 0.2) is 23.4 Å². The summed E-state index contributed by atoms with van der Waals surface area (Å²) in [7, 11) is -3.52. The number of rotatable bonds is 7. The molecule has 2 rings (SSSR count). The van der Waals surface area contributed by atoms with Gasteiger partial charge < -0.3 is 5.11 Å². The molecule has 0 aliphatic heterocycles. The van der Waals surface area contributed by atoms with Crippen molar-refractivity contribution >= 4 is 10.0 Å². The fourth-order valence-corrected chi connectivity index (χ4v) is 3.64. The van der Waals surface area contributed by atoms with E-state index < -0.39 is 10.0 Å². The Kier molecular flexibility index (Phi) is 4.78. The van der Waals surface area contributed by atoms with Crippen LogP contribution in [-0.4, -0.2) is 35.4 Å². The van der Waals surface area contributed by atoms with Crippen LogP contribution < -0.4 is 0 Å². The van der Waals surface area contributed by atoms with Crippen molar-refractivity contribution in [1.29, 1.82) is 0 Å². The van der Waals surface area contributed by atoms with E-state index in [1.165, 1.54) is 12.3 Å². The first-order chi connectivity index (χ1) is 9.45. The van der Waals surface area contributed by atoms with Crippen molar-refractivity contribution in [3.8, 4) is 0 Å². The van der Waals surface area contributed by atoms with Crippen molar-refractivity contribution in [3.63, 3.8) is 0 Å². The molecule has 5 nitrogen and oxygen atoms in total. The van der Waals surface area contributed by atoms with Crippen LogP contribution in [0.3, 0.4) is 0 Å². The maximum atomic E-state index is 12.6. The van der Waals surface area contributed by atoms with E-state index in [0.717, 1.165) is 19.3 Å². The molecular weight excluding hydrogens is 276 g/mol. The Bertz CT molecular complexity index is 536. The van der Waals surface area contributed by atoms with Crippen molar-refractivity contribution in [3.05, 3.63) is 23.9 Å². The third kappa shape index (κ3) is 3.56. The number of sulfonamides is 1. The van der Waals surface area contributed by atoms with Crippen LogP contribution in [0, 0.1) is 5.92 Å². The van der Waals surface area contributed by atoms with Gasteiger partial charge >= 0.3 is 0 Å². The quantitative estimate of drug-likeness (QED) is 0.833. The monoisotopic (exact) mass is 298 g/mol. The summed E-state index contributed by atoms with van der Waals surface area (Å²) in [5, 5.41) is 9.06. The Morgan fingerprint density at radius 2 is 2.10 bits per heavy atom. The molecule has 6 heteroatoms. The van der Waals surface area contributed by atoms with Gasteiger partial charge in [0.1, 0.15) is 0 Å². The van der Waals surface area contributed by atoms with Crippen LogP contribution in [0.25, 0.3) is 0 Å². The number of nitrogens with zero attached hydrogens (tertiary/aromatic N) is 2. The van der Waals surface area contributed by atoms with Crippen molar-refractivity contribution in [2.24, 2.45) is 5.92 Å². The van der Waals surface area contributed by atoms with Gasteiger partial charge in [0.15, 0.2) is 5.03 Å². The molecule has 1 aliphatic rings. The van der Waals surface area contributed by atoms with Crippen molar-refractivity contribution in [2.75, 3.05) is 6.54 Å². The van der Waals surface area contributed by atoms with Crippen molar-refractivity contribution in [2.45, 2.75) is 50.8 Å². The van der Waals surface area contributed by atoms with Crippen LogP contribution in [-0.2, 0) is 16.6 Å².